The van der Waals surface area contributed by atoms with Crippen molar-refractivity contribution in [2.45, 2.75) is 25.7 Å². The van der Waals surface area contributed by atoms with Crippen molar-refractivity contribution < 1.29 is 14.7 Å². The van der Waals surface area contributed by atoms with Gasteiger partial charge in [-0.2, -0.15) is 0 Å². The van der Waals surface area contributed by atoms with Crippen LogP contribution in [0.25, 0.3) is 0 Å². The topological polar surface area (TPSA) is 54.4 Å². The van der Waals surface area contributed by atoms with Gasteiger partial charge in [0.15, 0.2) is 0 Å². The van der Waals surface area contributed by atoms with Crippen molar-refractivity contribution in [1.29, 1.82) is 0 Å². The fourth-order valence-corrected chi connectivity index (χ4v) is 2.37. The highest BCUT2D eigenvalue weighted by Crippen LogP contribution is 2.38. The molecule has 0 bridgehead atoms. The first kappa shape index (κ1) is 9.71. The summed E-state index contributed by atoms with van der Waals surface area (Å²) in [5, 5.41) is 9.50. The molecule has 3 nitrogen and oxygen atoms in total. The molecule has 0 heterocycles. The minimum atomic E-state index is -1.07. The summed E-state index contributed by atoms with van der Waals surface area (Å²) in [5.74, 6) is -1.06. The Morgan fingerprint density at radius 1 is 1.67 bits per heavy atom. The summed E-state index contributed by atoms with van der Waals surface area (Å²) < 4.78 is 0. The van der Waals surface area contributed by atoms with Gasteiger partial charge in [-0.1, -0.05) is 15.9 Å². The number of alkyl halides is 1. The molecule has 1 unspecified atom stereocenters. The first-order chi connectivity index (χ1) is 5.63. The van der Waals surface area contributed by atoms with Crippen LogP contribution in [0.1, 0.15) is 25.7 Å². The highest BCUT2D eigenvalue weighted by Gasteiger charge is 2.47. The van der Waals surface area contributed by atoms with E-state index in [1.54, 1.807) is 0 Å². The number of halogens is 1. The molecule has 0 radical (unpaired) electrons. The molecule has 68 valence electrons. The zero-order valence-electron chi connectivity index (χ0n) is 6.68. The van der Waals surface area contributed by atoms with Crippen LogP contribution in [0.4, 0.5) is 0 Å². The molecule has 0 aromatic carbocycles. The third-order valence-corrected chi connectivity index (χ3v) is 2.87. The number of aliphatic carboxylic acids is 1. The second-order valence-corrected chi connectivity index (χ2v) is 3.90. The van der Waals surface area contributed by atoms with Gasteiger partial charge in [0.2, 0.25) is 0 Å². The van der Waals surface area contributed by atoms with E-state index >= 15 is 0 Å². The zero-order chi connectivity index (χ0) is 9.19. The molecule has 1 N–H and O–H groups in total. The standard InChI is InChI=1S/C8H11BrO3/c9-5-4-8(7(11)12)3-1-2-6(8)10/h1-5H2,(H,11,12). The van der Waals surface area contributed by atoms with Gasteiger partial charge < -0.3 is 5.11 Å². The van der Waals surface area contributed by atoms with Crippen LogP contribution in [-0.4, -0.2) is 22.2 Å². The number of rotatable bonds is 3. The van der Waals surface area contributed by atoms with Gasteiger partial charge in [0.25, 0.3) is 0 Å². The predicted molar refractivity (Wildman–Crippen MR) is 47.3 cm³/mol. The predicted octanol–water partition coefficient (Wildman–Crippen LogP) is 1.60. The van der Waals surface area contributed by atoms with Gasteiger partial charge in [0, 0.05) is 11.8 Å². The van der Waals surface area contributed by atoms with E-state index in [4.69, 9.17) is 5.11 Å². The number of carboxylic acids is 1. The quantitative estimate of drug-likeness (QED) is 0.597. The van der Waals surface area contributed by atoms with Crippen molar-refractivity contribution in [3.8, 4) is 0 Å². The molecule has 1 rings (SSSR count). The van der Waals surface area contributed by atoms with Crippen molar-refractivity contribution in [1.82, 2.24) is 0 Å². The molecular weight excluding hydrogens is 224 g/mol. The summed E-state index contributed by atoms with van der Waals surface area (Å²) in [4.78, 5) is 22.2. The lowest BCUT2D eigenvalue weighted by molar-refractivity contribution is -0.153. The van der Waals surface area contributed by atoms with Crippen molar-refractivity contribution >= 4 is 27.7 Å². The minimum Gasteiger partial charge on any atom is -0.480 e. The van der Waals surface area contributed by atoms with E-state index in [1.807, 2.05) is 0 Å². The van der Waals surface area contributed by atoms with Crippen molar-refractivity contribution in [2.75, 3.05) is 5.33 Å². The summed E-state index contributed by atoms with van der Waals surface area (Å²) in [5.41, 5.74) is -1.07. The van der Waals surface area contributed by atoms with Gasteiger partial charge in [-0.15, -0.1) is 0 Å². The van der Waals surface area contributed by atoms with E-state index < -0.39 is 11.4 Å². The van der Waals surface area contributed by atoms with E-state index in [9.17, 15) is 9.59 Å². The van der Waals surface area contributed by atoms with Crippen LogP contribution in [-0.2, 0) is 9.59 Å². The Kier molecular flexibility index (Phi) is 2.88. The summed E-state index contributed by atoms with van der Waals surface area (Å²) in [7, 11) is 0. The maximum atomic E-state index is 11.3. The minimum absolute atomic E-state index is 0.102. The number of carboxylic acid groups (broad SMARTS) is 1. The van der Waals surface area contributed by atoms with Gasteiger partial charge in [0.05, 0.1) is 0 Å². The number of Topliss-reactive ketones (excluding diaryl/α,β-unsaturated/α-hetero) is 1. The summed E-state index contributed by atoms with van der Waals surface area (Å²) >= 11 is 3.17. The molecule has 4 heteroatoms. The van der Waals surface area contributed by atoms with Crippen LogP contribution in [0.2, 0.25) is 0 Å². The molecule has 1 atom stereocenters. The summed E-state index contributed by atoms with van der Waals surface area (Å²) in [6, 6.07) is 0. The summed E-state index contributed by atoms with van der Waals surface area (Å²) in [6.07, 6.45) is 2.07. The van der Waals surface area contributed by atoms with Gasteiger partial charge in [0.1, 0.15) is 11.2 Å². The van der Waals surface area contributed by atoms with Gasteiger partial charge in [-0.3, -0.25) is 9.59 Å². The fraction of sp³-hybridized carbons (Fsp3) is 0.750. The molecule has 0 aliphatic heterocycles. The van der Waals surface area contributed by atoms with Crippen LogP contribution in [0.3, 0.4) is 0 Å². The lowest BCUT2D eigenvalue weighted by Gasteiger charge is -2.20. The Morgan fingerprint density at radius 3 is 2.67 bits per heavy atom. The second-order valence-electron chi connectivity index (χ2n) is 3.10. The SMILES string of the molecule is O=C(O)C1(CCBr)CCCC1=O. The van der Waals surface area contributed by atoms with E-state index in [1.165, 1.54) is 0 Å². The Hall–Kier alpha value is -0.380. The zero-order valence-corrected chi connectivity index (χ0v) is 8.26. The molecule has 0 aromatic heterocycles. The normalized spacial score (nSPS) is 29.2. The van der Waals surface area contributed by atoms with Gasteiger partial charge >= 0.3 is 5.97 Å². The molecule has 1 aliphatic carbocycles. The van der Waals surface area contributed by atoms with Crippen LogP contribution in [0.15, 0.2) is 0 Å². The largest absolute Gasteiger partial charge is 0.480 e. The number of hydrogen-bond acceptors (Lipinski definition) is 2. The Balaban J connectivity index is 2.85. The van der Waals surface area contributed by atoms with E-state index in [2.05, 4.69) is 15.9 Å². The number of carbonyl (C=O) groups excluding carboxylic acids is 1. The molecule has 0 aromatic rings. The van der Waals surface area contributed by atoms with Crippen LogP contribution >= 0.6 is 15.9 Å². The number of hydrogen-bond donors (Lipinski definition) is 1. The van der Waals surface area contributed by atoms with Gasteiger partial charge in [-0.05, 0) is 19.3 Å². The van der Waals surface area contributed by atoms with Crippen molar-refractivity contribution in [3.05, 3.63) is 0 Å². The molecule has 0 spiro atoms. The average Bonchev–Trinajstić information content (AvgIpc) is 2.34. The van der Waals surface area contributed by atoms with E-state index in [0.717, 1.165) is 6.42 Å². The highest BCUT2D eigenvalue weighted by atomic mass is 79.9. The third kappa shape index (κ3) is 1.40. The molecular formula is C8H11BrO3. The number of carbonyl (C=O) groups is 2. The van der Waals surface area contributed by atoms with Gasteiger partial charge in [-0.25, -0.2) is 0 Å². The van der Waals surface area contributed by atoms with Crippen molar-refractivity contribution in [2.24, 2.45) is 5.41 Å². The summed E-state index contributed by atoms with van der Waals surface area (Å²) in [6.45, 7) is 0. The second kappa shape index (κ2) is 3.56. The maximum Gasteiger partial charge on any atom is 0.317 e. The fourth-order valence-electron chi connectivity index (χ4n) is 1.69. The molecule has 12 heavy (non-hydrogen) atoms. The number of ketones is 1. The molecule has 1 fully saturated rings. The molecule has 0 saturated heterocycles. The van der Waals surface area contributed by atoms with E-state index in [0.29, 0.717) is 24.6 Å². The lowest BCUT2D eigenvalue weighted by Crippen LogP contribution is -2.35. The molecule has 1 saturated carbocycles. The first-order valence-corrected chi connectivity index (χ1v) is 5.08. The van der Waals surface area contributed by atoms with Crippen molar-refractivity contribution in [3.63, 3.8) is 0 Å². The maximum absolute atomic E-state index is 11.3. The molecule has 1 aliphatic rings. The Labute approximate surface area is 79.3 Å². The monoisotopic (exact) mass is 234 g/mol. The molecule has 0 amide bonds. The van der Waals surface area contributed by atoms with E-state index in [-0.39, 0.29) is 5.78 Å². The average molecular weight is 235 g/mol. The van der Waals surface area contributed by atoms with Crippen LogP contribution in [0, 0.1) is 5.41 Å². The van der Waals surface area contributed by atoms with Crippen LogP contribution in [0.5, 0.6) is 0 Å². The highest BCUT2D eigenvalue weighted by molar-refractivity contribution is 9.09. The lowest BCUT2D eigenvalue weighted by atomic mass is 9.83. The smallest absolute Gasteiger partial charge is 0.317 e. The van der Waals surface area contributed by atoms with Crippen LogP contribution < -0.4 is 0 Å². The Morgan fingerprint density at radius 2 is 2.33 bits per heavy atom. The Bertz CT molecular complexity index is 214. The first-order valence-electron chi connectivity index (χ1n) is 3.96. The third-order valence-electron chi connectivity index (χ3n) is 2.47.